The second kappa shape index (κ2) is 10.1. The van der Waals surface area contributed by atoms with Gasteiger partial charge in [0.15, 0.2) is 0 Å². The van der Waals surface area contributed by atoms with Crippen LogP contribution in [0.4, 0.5) is 5.82 Å². The van der Waals surface area contributed by atoms with Crippen molar-refractivity contribution in [3.8, 4) is 0 Å². The molecule has 2 fully saturated rings. The number of hydrogen-bond acceptors (Lipinski definition) is 4. The average Bonchev–Trinajstić information content (AvgIpc) is 2.73. The minimum absolute atomic E-state index is 0.0645. The molecule has 6 nitrogen and oxygen atoms in total. The van der Waals surface area contributed by atoms with E-state index in [1.807, 2.05) is 23.1 Å². The number of carbonyl (C=O) groups excluding carboxylic acids is 2. The third-order valence-corrected chi connectivity index (χ3v) is 6.27. The van der Waals surface area contributed by atoms with Gasteiger partial charge >= 0.3 is 0 Å². The van der Waals surface area contributed by atoms with Gasteiger partial charge in [0.2, 0.25) is 11.8 Å². The Labute approximate surface area is 175 Å². The molecule has 2 aliphatic rings. The Morgan fingerprint density at radius 1 is 1.10 bits per heavy atom. The zero-order valence-electron chi connectivity index (χ0n) is 18.1. The fourth-order valence-electron chi connectivity index (χ4n) is 4.42. The molecule has 2 heterocycles. The molecule has 1 aliphatic heterocycles. The molecule has 1 atom stereocenters. The van der Waals surface area contributed by atoms with Crippen molar-refractivity contribution in [2.24, 2.45) is 17.8 Å². The summed E-state index contributed by atoms with van der Waals surface area (Å²) in [5.74, 6) is 2.22. The van der Waals surface area contributed by atoms with Gasteiger partial charge in [0.1, 0.15) is 11.9 Å². The van der Waals surface area contributed by atoms with Crippen LogP contribution < -0.4 is 10.2 Å². The lowest BCUT2D eigenvalue weighted by Gasteiger charge is -2.37. The van der Waals surface area contributed by atoms with Gasteiger partial charge in [-0.3, -0.25) is 9.59 Å². The van der Waals surface area contributed by atoms with Crippen LogP contribution in [0, 0.1) is 17.8 Å². The van der Waals surface area contributed by atoms with E-state index < -0.39 is 6.04 Å². The van der Waals surface area contributed by atoms with Crippen LogP contribution >= 0.6 is 0 Å². The Hall–Kier alpha value is -2.11. The van der Waals surface area contributed by atoms with Gasteiger partial charge in [0, 0.05) is 38.3 Å². The average molecular weight is 401 g/mol. The molecule has 0 radical (unpaired) electrons. The normalized spacial score (nSPS) is 23.7. The van der Waals surface area contributed by atoms with Gasteiger partial charge in [0.25, 0.3) is 0 Å². The van der Waals surface area contributed by atoms with Gasteiger partial charge in [-0.2, -0.15) is 0 Å². The Balaban J connectivity index is 1.57. The van der Waals surface area contributed by atoms with E-state index in [1.165, 1.54) is 0 Å². The number of carbonyl (C=O) groups is 2. The maximum Gasteiger partial charge on any atom is 0.245 e. The summed E-state index contributed by atoms with van der Waals surface area (Å²) in [5.41, 5.74) is 0. The lowest BCUT2D eigenvalue weighted by atomic mass is 9.82. The summed E-state index contributed by atoms with van der Waals surface area (Å²) in [7, 11) is 0. The molecule has 1 N–H and O–H groups in total. The van der Waals surface area contributed by atoms with Crippen LogP contribution in [-0.4, -0.2) is 53.9 Å². The molecule has 1 saturated carbocycles. The van der Waals surface area contributed by atoms with Gasteiger partial charge in [-0.25, -0.2) is 4.98 Å². The van der Waals surface area contributed by atoms with Crippen molar-refractivity contribution in [3.05, 3.63) is 24.4 Å². The van der Waals surface area contributed by atoms with Crippen LogP contribution in [0.15, 0.2) is 24.4 Å². The highest BCUT2D eigenvalue weighted by Gasteiger charge is 2.32. The number of rotatable bonds is 6. The van der Waals surface area contributed by atoms with E-state index in [0.29, 0.717) is 31.3 Å². The minimum atomic E-state index is -0.414. The van der Waals surface area contributed by atoms with Crippen LogP contribution in [0.5, 0.6) is 0 Å². The number of pyridine rings is 1. The van der Waals surface area contributed by atoms with Crippen molar-refractivity contribution < 1.29 is 9.59 Å². The molecule has 2 amide bonds. The lowest BCUT2D eigenvalue weighted by molar-refractivity contribution is -0.138. The van der Waals surface area contributed by atoms with Crippen molar-refractivity contribution in [2.45, 2.75) is 58.9 Å². The number of nitrogens with zero attached hydrogens (tertiary/aromatic N) is 3. The fraction of sp³-hybridized carbons (Fsp3) is 0.696. The molecule has 1 aromatic rings. The van der Waals surface area contributed by atoms with Crippen molar-refractivity contribution in [1.29, 1.82) is 0 Å². The van der Waals surface area contributed by atoms with Crippen LogP contribution in [0.25, 0.3) is 0 Å². The zero-order chi connectivity index (χ0) is 20.8. The zero-order valence-corrected chi connectivity index (χ0v) is 18.1. The van der Waals surface area contributed by atoms with E-state index >= 15 is 0 Å². The first-order valence-corrected chi connectivity index (χ1v) is 11.2. The number of hydrogen-bond donors (Lipinski definition) is 1. The molecule has 160 valence electrons. The molecule has 29 heavy (non-hydrogen) atoms. The number of amides is 2. The first kappa shape index (κ1) is 21.6. The van der Waals surface area contributed by atoms with Crippen molar-refractivity contribution >= 4 is 17.6 Å². The molecule has 0 unspecified atom stereocenters. The van der Waals surface area contributed by atoms with E-state index in [2.05, 4.69) is 36.0 Å². The summed E-state index contributed by atoms with van der Waals surface area (Å²) < 4.78 is 0. The van der Waals surface area contributed by atoms with Gasteiger partial charge in [-0.15, -0.1) is 0 Å². The standard InChI is InChI=1S/C23H36N4O2/c1-17(2)16-20(25-22(28)19-9-7-18(3)8-10-19)23(29)27-14-12-26(13-15-27)21-6-4-5-11-24-21/h4-6,11,17-20H,7-10,12-16H2,1-3H3,(H,25,28)/t18?,19?,20-/m0/s1. The maximum atomic E-state index is 13.2. The predicted molar refractivity (Wildman–Crippen MR) is 116 cm³/mol. The SMILES string of the molecule is CC(C)C[C@H](NC(=O)C1CCC(C)CC1)C(=O)N1CCN(c2ccccn2)CC1. The van der Waals surface area contributed by atoms with Gasteiger partial charge in [-0.1, -0.05) is 26.8 Å². The van der Waals surface area contributed by atoms with E-state index in [9.17, 15) is 9.59 Å². The van der Waals surface area contributed by atoms with Crippen LogP contribution in [-0.2, 0) is 9.59 Å². The summed E-state index contributed by atoms with van der Waals surface area (Å²) in [5, 5.41) is 3.12. The first-order valence-electron chi connectivity index (χ1n) is 11.2. The highest BCUT2D eigenvalue weighted by atomic mass is 16.2. The highest BCUT2D eigenvalue weighted by Crippen LogP contribution is 2.28. The summed E-state index contributed by atoms with van der Waals surface area (Å²) in [4.78, 5) is 34.6. The quantitative estimate of drug-likeness (QED) is 0.797. The van der Waals surface area contributed by atoms with Crippen molar-refractivity contribution in [1.82, 2.24) is 15.2 Å². The third kappa shape index (κ3) is 5.94. The molecule has 1 saturated heterocycles. The van der Waals surface area contributed by atoms with Crippen molar-refractivity contribution in [3.63, 3.8) is 0 Å². The molecule has 6 heteroatoms. The molecular weight excluding hydrogens is 364 g/mol. The largest absolute Gasteiger partial charge is 0.353 e. The maximum absolute atomic E-state index is 13.2. The van der Waals surface area contributed by atoms with Crippen LogP contribution in [0.2, 0.25) is 0 Å². The third-order valence-electron chi connectivity index (χ3n) is 6.27. The van der Waals surface area contributed by atoms with E-state index in [4.69, 9.17) is 0 Å². The van der Waals surface area contributed by atoms with Gasteiger partial charge in [0.05, 0.1) is 0 Å². The smallest absolute Gasteiger partial charge is 0.245 e. The molecule has 0 aromatic carbocycles. The molecule has 0 spiro atoms. The number of aromatic nitrogens is 1. The summed E-state index contributed by atoms with van der Waals surface area (Å²) >= 11 is 0. The van der Waals surface area contributed by atoms with Crippen LogP contribution in [0.1, 0.15) is 52.9 Å². The molecular formula is C23H36N4O2. The Morgan fingerprint density at radius 3 is 2.38 bits per heavy atom. The molecule has 0 bridgehead atoms. The molecule has 1 aliphatic carbocycles. The topological polar surface area (TPSA) is 65.5 Å². The van der Waals surface area contributed by atoms with E-state index in [0.717, 1.165) is 44.6 Å². The fourth-order valence-corrected chi connectivity index (χ4v) is 4.42. The van der Waals surface area contributed by atoms with Gasteiger partial charge in [-0.05, 0) is 56.1 Å². The number of nitrogens with one attached hydrogen (secondary N) is 1. The molecule has 3 rings (SSSR count). The minimum Gasteiger partial charge on any atom is -0.353 e. The van der Waals surface area contributed by atoms with Gasteiger partial charge < -0.3 is 15.1 Å². The van der Waals surface area contributed by atoms with Crippen molar-refractivity contribution in [2.75, 3.05) is 31.1 Å². The van der Waals surface area contributed by atoms with Crippen LogP contribution in [0.3, 0.4) is 0 Å². The van der Waals surface area contributed by atoms with E-state index in [-0.39, 0.29) is 17.7 Å². The monoisotopic (exact) mass is 400 g/mol. The van der Waals surface area contributed by atoms with E-state index in [1.54, 1.807) is 6.20 Å². The summed E-state index contributed by atoms with van der Waals surface area (Å²) in [6, 6.07) is 5.49. The predicted octanol–water partition coefficient (Wildman–Crippen LogP) is 3.09. The summed E-state index contributed by atoms with van der Waals surface area (Å²) in [6.07, 6.45) is 6.59. The second-order valence-corrected chi connectivity index (χ2v) is 9.15. The number of piperazine rings is 1. The second-order valence-electron chi connectivity index (χ2n) is 9.15. The Kier molecular flexibility index (Phi) is 7.51. The highest BCUT2D eigenvalue weighted by molar-refractivity contribution is 5.88. The Bertz CT molecular complexity index is 663. The Morgan fingerprint density at radius 2 is 1.79 bits per heavy atom. The summed E-state index contributed by atoms with van der Waals surface area (Å²) in [6.45, 7) is 9.34. The lowest BCUT2D eigenvalue weighted by Crippen LogP contribution is -2.56. The molecule has 1 aromatic heterocycles. The number of anilines is 1. The first-order chi connectivity index (χ1) is 13.9.